The molecule has 0 fully saturated rings. The molecule has 2 nitrogen and oxygen atoms in total. The summed E-state index contributed by atoms with van der Waals surface area (Å²) in [7, 11) is -0.814. The molecule has 1 amide bonds. The lowest BCUT2D eigenvalue weighted by Gasteiger charge is -2.28. The van der Waals surface area contributed by atoms with Gasteiger partial charge in [-0.1, -0.05) is 85.7 Å². The largest absolute Gasteiger partial charge is 0.270 e. The Labute approximate surface area is 172 Å². The van der Waals surface area contributed by atoms with Gasteiger partial charge in [0.2, 0.25) is 0 Å². The van der Waals surface area contributed by atoms with E-state index >= 15 is 0 Å². The zero-order valence-corrected chi connectivity index (χ0v) is 19.5. The van der Waals surface area contributed by atoms with E-state index in [0.29, 0.717) is 5.57 Å². The molecule has 0 saturated carbocycles. The van der Waals surface area contributed by atoms with Gasteiger partial charge < -0.3 is 0 Å². The predicted octanol–water partition coefficient (Wildman–Crippen LogP) is 5.35. The molecule has 0 saturated heterocycles. The molecular formula is C23H27BrNOSi. The van der Waals surface area contributed by atoms with E-state index < -0.39 is 14.3 Å². The highest BCUT2D eigenvalue weighted by Crippen LogP contribution is 2.40. The molecule has 0 bridgehead atoms. The molecule has 1 aromatic rings. The van der Waals surface area contributed by atoms with Gasteiger partial charge in [-0.15, -0.1) is 0 Å². The average molecular weight is 441 g/mol. The minimum Gasteiger partial charge on any atom is -0.267 e. The summed E-state index contributed by atoms with van der Waals surface area (Å²) in [5, 5.41) is 1.29. The summed E-state index contributed by atoms with van der Waals surface area (Å²) in [6, 6.07) is 4.57. The third-order valence-electron chi connectivity index (χ3n) is 5.31. The van der Waals surface area contributed by atoms with Gasteiger partial charge in [-0.2, -0.15) is 0 Å². The fourth-order valence-corrected chi connectivity index (χ4v) is 7.09. The highest BCUT2D eigenvalue weighted by Gasteiger charge is 2.30. The van der Waals surface area contributed by atoms with Crippen molar-refractivity contribution >= 4 is 47.1 Å². The van der Waals surface area contributed by atoms with Crippen LogP contribution in [-0.2, 0) is 16.6 Å². The minimum absolute atomic E-state index is 0.0183. The summed E-state index contributed by atoms with van der Waals surface area (Å²) in [5.74, 6) is -0.598. The number of carbonyl (C=O) groups excluding carboxylic acids is 1. The fraction of sp³-hybridized carbons (Fsp3) is 0.391. The Morgan fingerprint density at radius 3 is 2.48 bits per heavy atom. The molecule has 1 radical (unpaired) electrons. The molecular weight excluding hydrogens is 414 g/mol. The van der Waals surface area contributed by atoms with Crippen LogP contribution in [0.1, 0.15) is 49.9 Å². The van der Waals surface area contributed by atoms with Crippen LogP contribution < -0.4 is 5.73 Å². The maximum absolute atomic E-state index is 12.2. The number of allylic oxidation sites excluding steroid dienone is 3. The molecule has 2 aliphatic carbocycles. The monoisotopic (exact) mass is 440 g/mol. The number of benzene rings is 1. The van der Waals surface area contributed by atoms with E-state index in [4.69, 9.17) is 5.73 Å². The predicted molar refractivity (Wildman–Crippen MR) is 122 cm³/mol. The normalized spacial score (nSPS) is 19.3. The van der Waals surface area contributed by atoms with Gasteiger partial charge in [0, 0.05) is 14.0 Å². The van der Waals surface area contributed by atoms with Crippen LogP contribution in [0.5, 0.6) is 0 Å². The smallest absolute Gasteiger partial charge is 0.267 e. The van der Waals surface area contributed by atoms with Gasteiger partial charge in [-0.25, -0.2) is 0 Å². The maximum Gasteiger partial charge on any atom is 0.270 e. The molecule has 0 aromatic heterocycles. The van der Waals surface area contributed by atoms with Crippen molar-refractivity contribution in [2.45, 2.75) is 57.5 Å². The van der Waals surface area contributed by atoms with Gasteiger partial charge in [0.1, 0.15) is 0 Å². The first-order chi connectivity index (χ1) is 12.5. The third-order valence-corrected chi connectivity index (χ3v) is 8.13. The summed E-state index contributed by atoms with van der Waals surface area (Å²) in [5.41, 5.74) is 15.8. The van der Waals surface area contributed by atoms with Crippen molar-refractivity contribution in [3.8, 4) is 0 Å². The molecule has 27 heavy (non-hydrogen) atoms. The second kappa shape index (κ2) is 7.14. The molecule has 2 aliphatic rings. The summed E-state index contributed by atoms with van der Waals surface area (Å²) in [6.45, 7) is 13.4. The molecule has 3 rings (SSSR count). The van der Waals surface area contributed by atoms with E-state index in [-0.39, 0.29) is 10.2 Å². The zero-order valence-electron chi connectivity index (χ0n) is 17.0. The van der Waals surface area contributed by atoms with Crippen molar-refractivity contribution in [3.63, 3.8) is 0 Å². The summed E-state index contributed by atoms with van der Waals surface area (Å²) < 4.78 is 0. The Morgan fingerprint density at radius 1 is 1.26 bits per heavy atom. The van der Waals surface area contributed by atoms with Crippen LogP contribution in [0.25, 0.3) is 11.6 Å². The molecule has 141 valence electrons. The zero-order chi connectivity index (χ0) is 20.1. The van der Waals surface area contributed by atoms with E-state index in [1.165, 1.54) is 27.4 Å². The number of nitrogens with one attached hydrogen (secondary N) is 1. The van der Waals surface area contributed by atoms with E-state index in [1.54, 1.807) is 0 Å². The highest BCUT2D eigenvalue weighted by molar-refractivity contribution is 9.10. The second-order valence-corrected chi connectivity index (χ2v) is 12.3. The van der Waals surface area contributed by atoms with Crippen molar-refractivity contribution in [1.82, 2.24) is 5.73 Å². The van der Waals surface area contributed by atoms with Crippen LogP contribution >= 0.6 is 15.9 Å². The standard InChI is InChI=1S/C23H27BrNOSi/c1-13-9-14-11-15(23(2,3)4)12-18(17(14)10-13)20-16(22(25)26)7-8-19(24)21(20)27(5)6/h7-9,11-12,19,25H,10H2,1-6H3. The minimum atomic E-state index is -0.814. The Kier molecular flexibility index (Phi) is 5.34. The maximum atomic E-state index is 12.2. The first kappa shape index (κ1) is 20.2. The van der Waals surface area contributed by atoms with Crippen LogP contribution in [0.2, 0.25) is 13.1 Å². The lowest BCUT2D eigenvalue weighted by molar-refractivity contribution is -0.114. The fourth-order valence-electron chi connectivity index (χ4n) is 3.92. The number of alkyl halides is 1. The highest BCUT2D eigenvalue weighted by atomic mass is 79.9. The second-order valence-electron chi connectivity index (χ2n) is 8.80. The van der Waals surface area contributed by atoms with Crippen LogP contribution in [-0.4, -0.2) is 24.3 Å². The molecule has 1 N–H and O–H groups in total. The Morgan fingerprint density at radius 2 is 1.93 bits per heavy atom. The molecule has 0 spiro atoms. The van der Waals surface area contributed by atoms with Gasteiger partial charge in [0.05, 0.1) is 4.83 Å². The molecule has 0 heterocycles. The quantitative estimate of drug-likeness (QED) is 0.451. The molecule has 1 aromatic carbocycles. The number of hydrogen-bond acceptors (Lipinski definition) is 1. The van der Waals surface area contributed by atoms with E-state index in [1.807, 2.05) is 12.2 Å². The van der Waals surface area contributed by atoms with E-state index in [0.717, 1.165) is 17.6 Å². The van der Waals surface area contributed by atoms with Gasteiger partial charge >= 0.3 is 0 Å². The number of hydrogen-bond donors (Lipinski definition) is 0. The number of rotatable bonds is 2. The Balaban J connectivity index is 2.41. The topological polar surface area (TPSA) is 40.9 Å². The Hall–Kier alpha value is -1.52. The molecule has 4 heteroatoms. The first-order valence-electron chi connectivity index (χ1n) is 9.36. The van der Waals surface area contributed by atoms with Crippen molar-refractivity contribution in [1.29, 1.82) is 0 Å². The molecule has 1 unspecified atom stereocenters. The van der Waals surface area contributed by atoms with Gasteiger partial charge in [0.15, 0.2) is 0 Å². The van der Waals surface area contributed by atoms with Gasteiger partial charge in [-0.05, 0) is 51.8 Å². The number of amides is 1. The van der Waals surface area contributed by atoms with Crippen molar-refractivity contribution in [3.05, 3.63) is 57.7 Å². The number of carbonyl (C=O) groups is 1. The third kappa shape index (κ3) is 3.74. The average Bonchev–Trinajstić information content (AvgIpc) is 2.92. The van der Waals surface area contributed by atoms with Crippen LogP contribution in [0.4, 0.5) is 0 Å². The van der Waals surface area contributed by atoms with Crippen molar-refractivity contribution < 1.29 is 4.79 Å². The lowest BCUT2D eigenvalue weighted by Crippen LogP contribution is -2.28. The van der Waals surface area contributed by atoms with Crippen LogP contribution in [0, 0.1) is 0 Å². The SMILES string of the molecule is CC1=Cc2cc(C(C)(C)C)cc(C3=C(C([NH])=O)C=CC(Br)C3=[Si](C)C)c2C1. The van der Waals surface area contributed by atoms with E-state index in [9.17, 15) is 4.79 Å². The number of halogens is 1. The van der Waals surface area contributed by atoms with Crippen molar-refractivity contribution in [2.75, 3.05) is 0 Å². The Bertz CT molecular complexity index is 953. The molecule has 1 atom stereocenters. The number of fused-ring (bicyclic) bond motifs is 1. The summed E-state index contributed by atoms with van der Waals surface area (Å²) in [4.78, 5) is 12.4. The lowest BCUT2D eigenvalue weighted by atomic mass is 9.80. The van der Waals surface area contributed by atoms with Gasteiger partial charge in [0.25, 0.3) is 5.91 Å². The summed E-state index contributed by atoms with van der Waals surface area (Å²) >= 11 is 3.80. The first-order valence-corrected chi connectivity index (χ1v) is 12.8. The van der Waals surface area contributed by atoms with Crippen molar-refractivity contribution in [2.24, 2.45) is 0 Å². The van der Waals surface area contributed by atoms with Crippen LogP contribution in [0.3, 0.4) is 0 Å². The van der Waals surface area contributed by atoms with Gasteiger partial charge in [-0.3, -0.25) is 10.5 Å². The molecule has 0 aliphatic heterocycles. The van der Waals surface area contributed by atoms with E-state index in [2.05, 4.69) is 74.9 Å². The van der Waals surface area contributed by atoms with Crippen LogP contribution in [0.15, 0.2) is 35.4 Å². The summed E-state index contributed by atoms with van der Waals surface area (Å²) in [6.07, 6.45) is 7.03.